The summed E-state index contributed by atoms with van der Waals surface area (Å²) in [6, 6.07) is 18.9. The largest absolute Gasteiger partial charge is 0.321 e. The number of halogens is 1. The fourth-order valence-electron chi connectivity index (χ4n) is 2.13. The Morgan fingerprint density at radius 1 is 0.680 bits per heavy atom. The maximum Gasteiger partial charge on any atom is 0.274 e. The number of para-hydroxylation sites is 1. The van der Waals surface area contributed by atoms with Gasteiger partial charge in [0.05, 0.1) is 0 Å². The lowest BCUT2D eigenvalue weighted by molar-refractivity contribution is 0.101. The highest BCUT2D eigenvalue weighted by Gasteiger charge is 2.13. The van der Waals surface area contributed by atoms with Gasteiger partial charge in [-0.25, -0.2) is 9.37 Å². The maximum absolute atomic E-state index is 12.9. The molecule has 0 unspecified atom stereocenters. The average molecular weight is 335 g/mol. The molecule has 25 heavy (non-hydrogen) atoms. The number of pyridine rings is 1. The maximum atomic E-state index is 12.9. The van der Waals surface area contributed by atoms with Crippen molar-refractivity contribution in [3.8, 4) is 0 Å². The third kappa shape index (κ3) is 4.26. The van der Waals surface area contributed by atoms with Gasteiger partial charge in [-0.1, -0.05) is 24.3 Å². The van der Waals surface area contributed by atoms with Gasteiger partial charge in [-0.15, -0.1) is 0 Å². The van der Waals surface area contributed by atoms with E-state index in [9.17, 15) is 14.0 Å². The van der Waals surface area contributed by atoms with E-state index in [4.69, 9.17) is 0 Å². The molecule has 0 spiro atoms. The summed E-state index contributed by atoms with van der Waals surface area (Å²) in [6.07, 6.45) is 0. The summed E-state index contributed by atoms with van der Waals surface area (Å²) in [4.78, 5) is 28.6. The number of carbonyl (C=O) groups excluding carboxylic acids is 2. The Bertz CT molecular complexity index is 896. The van der Waals surface area contributed by atoms with E-state index < -0.39 is 17.6 Å². The number of aromatic nitrogens is 1. The molecular formula is C19H14FN3O2. The van der Waals surface area contributed by atoms with E-state index in [1.165, 1.54) is 36.4 Å². The average Bonchev–Trinajstić information content (AvgIpc) is 2.64. The van der Waals surface area contributed by atoms with Gasteiger partial charge in [0.15, 0.2) is 0 Å². The van der Waals surface area contributed by atoms with Crippen molar-refractivity contribution in [3.05, 3.63) is 90.0 Å². The summed E-state index contributed by atoms with van der Waals surface area (Å²) < 4.78 is 12.9. The lowest BCUT2D eigenvalue weighted by atomic mass is 10.2. The van der Waals surface area contributed by atoms with Crippen LogP contribution in [0.15, 0.2) is 72.8 Å². The molecule has 0 fully saturated rings. The number of hydrogen-bond donors (Lipinski definition) is 2. The van der Waals surface area contributed by atoms with E-state index in [1.54, 1.807) is 30.3 Å². The lowest BCUT2D eigenvalue weighted by Gasteiger charge is -2.07. The van der Waals surface area contributed by atoms with E-state index in [0.717, 1.165) is 0 Å². The van der Waals surface area contributed by atoms with Gasteiger partial charge >= 0.3 is 0 Å². The number of benzene rings is 2. The number of rotatable bonds is 4. The van der Waals surface area contributed by atoms with Gasteiger partial charge in [-0.3, -0.25) is 9.59 Å². The molecule has 0 saturated carbocycles. The van der Waals surface area contributed by atoms with Gasteiger partial charge in [0.25, 0.3) is 11.8 Å². The van der Waals surface area contributed by atoms with Crippen molar-refractivity contribution in [1.82, 2.24) is 4.98 Å². The second kappa shape index (κ2) is 7.35. The number of anilines is 2. The molecule has 2 amide bonds. The molecule has 2 N–H and O–H groups in total. The first-order chi connectivity index (χ1) is 12.1. The highest BCUT2D eigenvalue weighted by molar-refractivity contribution is 6.06. The molecule has 1 heterocycles. The number of nitrogens with one attached hydrogen (secondary N) is 2. The topological polar surface area (TPSA) is 71.1 Å². The van der Waals surface area contributed by atoms with Crippen LogP contribution in [0.3, 0.4) is 0 Å². The standard InChI is InChI=1S/C19H14FN3O2/c20-13-9-11-15(12-10-13)22-19(25)17-8-4-7-16(23-17)18(24)21-14-5-2-1-3-6-14/h1-12H,(H,21,24)(H,22,25). The highest BCUT2D eigenvalue weighted by Crippen LogP contribution is 2.11. The van der Waals surface area contributed by atoms with Crippen LogP contribution in [0.4, 0.5) is 15.8 Å². The van der Waals surface area contributed by atoms with Gasteiger partial charge in [-0.2, -0.15) is 0 Å². The Kier molecular flexibility index (Phi) is 4.80. The minimum absolute atomic E-state index is 0.0880. The van der Waals surface area contributed by atoms with Crippen molar-refractivity contribution < 1.29 is 14.0 Å². The van der Waals surface area contributed by atoms with E-state index in [1.807, 2.05) is 6.07 Å². The van der Waals surface area contributed by atoms with Gasteiger partial charge in [0, 0.05) is 11.4 Å². The van der Waals surface area contributed by atoms with Crippen LogP contribution in [-0.2, 0) is 0 Å². The molecule has 5 nitrogen and oxygen atoms in total. The van der Waals surface area contributed by atoms with Crippen molar-refractivity contribution in [1.29, 1.82) is 0 Å². The smallest absolute Gasteiger partial charge is 0.274 e. The zero-order valence-corrected chi connectivity index (χ0v) is 13.1. The zero-order valence-electron chi connectivity index (χ0n) is 13.1. The van der Waals surface area contributed by atoms with E-state index in [0.29, 0.717) is 11.4 Å². The van der Waals surface area contributed by atoms with Crippen LogP contribution in [0.5, 0.6) is 0 Å². The first-order valence-electron chi connectivity index (χ1n) is 7.52. The molecule has 0 aliphatic heterocycles. The fraction of sp³-hybridized carbons (Fsp3) is 0. The van der Waals surface area contributed by atoms with Gasteiger partial charge < -0.3 is 10.6 Å². The third-order valence-electron chi connectivity index (χ3n) is 3.35. The zero-order chi connectivity index (χ0) is 17.6. The fourth-order valence-corrected chi connectivity index (χ4v) is 2.13. The van der Waals surface area contributed by atoms with Crippen LogP contribution in [-0.4, -0.2) is 16.8 Å². The van der Waals surface area contributed by atoms with Gasteiger partial charge in [0.2, 0.25) is 0 Å². The minimum atomic E-state index is -0.485. The SMILES string of the molecule is O=C(Nc1ccccc1)c1cccc(C(=O)Nc2ccc(F)cc2)n1. The summed E-state index contributed by atoms with van der Waals surface area (Å²) in [6.45, 7) is 0. The van der Waals surface area contributed by atoms with Crippen LogP contribution in [0.2, 0.25) is 0 Å². The Morgan fingerprint density at radius 2 is 1.20 bits per heavy atom. The number of nitrogens with zero attached hydrogens (tertiary/aromatic N) is 1. The first kappa shape index (κ1) is 16.3. The molecule has 124 valence electrons. The predicted octanol–water partition coefficient (Wildman–Crippen LogP) is 3.73. The molecule has 6 heteroatoms. The summed E-state index contributed by atoms with van der Waals surface area (Å²) >= 11 is 0. The van der Waals surface area contributed by atoms with Crippen molar-refractivity contribution in [3.63, 3.8) is 0 Å². The summed E-state index contributed by atoms with van der Waals surface area (Å²) in [7, 11) is 0. The molecule has 3 aromatic rings. The lowest BCUT2D eigenvalue weighted by Crippen LogP contribution is -2.18. The van der Waals surface area contributed by atoms with Crippen LogP contribution in [0.1, 0.15) is 21.0 Å². The normalized spacial score (nSPS) is 10.1. The van der Waals surface area contributed by atoms with Crippen LogP contribution >= 0.6 is 0 Å². The van der Waals surface area contributed by atoms with Crippen molar-refractivity contribution in [2.45, 2.75) is 0 Å². The van der Waals surface area contributed by atoms with Gasteiger partial charge in [-0.05, 0) is 48.5 Å². The molecule has 3 rings (SSSR count). The first-order valence-corrected chi connectivity index (χ1v) is 7.52. The Morgan fingerprint density at radius 3 is 1.76 bits per heavy atom. The Labute approximate surface area is 143 Å². The molecule has 0 radical (unpaired) electrons. The van der Waals surface area contributed by atoms with Crippen LogP contribution < -0.4 is 10.6 Å². The highest BCUT2D eigenvalue weighted by atomic mass is 19.1. The number of amides is 2. The van der Waals surface area contributed by atoms with Crippen molar-refractivity contribution in [2.75, 3.05) is 10.6 Å². The molecular weight excluding hydrogens is 321 g/mol. The summed E-state index contributed by atoms with van der Waals surface area (Å²) in [5.41, 5.74) is 1.28. The second-order valence-electron chi connectivity index (χ2n) is 5.19. The van der Waals surface area contributed by atoms with Crippen molar-refractivity contribution in [2.24, 2.45) is 0 Å². The van der Waals surface area contributed by atoms with Gasteiger partial charge in [0.1, 0.15) is 17.2 Å². The predicted molar refractivity (Wildman–Crippen MR) is 93.0 cm³/mol. The molecule has 2 aromatic carbocycles. The van der Waals surface area contributed by atoms with E-state index >= 15 is 0 Å². The van der Waals surface area contributed by atoms with E-state index in [2.05, 4.69) is 15.6 Å². The minimum Gasteiger partial charge on any atom is -0.321 e. The molecule has 0 aliphatic rings. The monoisotopic (exact) mass is 335 g/mol. The second-order valence-corrected chi connectivity index (χ2v) is 5.19. The Balaban J connectivity index is 1.73. The summed E-state index contributed by atoms with van der Waals surface area (Å²) in [5, 5.41) is 5.31. The van der Waals surface area contributed by atoms with Crippen LogP contribution in [0, 0.1) is 5.82 Å². The Hall–Kier alpha value is -3.54. The number of hydrogen-bond acceptors (Lipinski definition) is 3. The molecule has 0 atom stereocenters. The molecule has 0 saturated heterocycles. The number of carbonyl (C=O) groups is 2. The quantitative estimate of drug-likeness (QED) is 0.763. The molecule has 1 aromatic heterocycles. The molecule has 0 bridgehead atoms. The van der Waals surface area contributed by atoms with Crippen molar-refractivity contribution >= 4 is 23.2 Å². The summed E-state index contributed by atoms with van der Waals surface area (Å²) in [5.74, 6) is -1.29. The third-order valence-corrected chi connectivity index (χ3v) is 3.35. The van der Waals surface area contributed by atoms with E-state index in [-0.39, 0.29) is 11.4 Å². The van der Waals surface area contributed by atoms with Crippen LogP contribution in [0.25, 0.3) is 0 Å². The molecule has 0 aliphatic carbocycles.